The van der Waals surface area contributed by atoms with Crippen LogP contribution in [-0.2, 0) is 0 Å². The maximum atomic E-state index is 6.14. The third-order valence-corrected chi connectivity index (χ3v) is 3.55. The van der Waals surface area contributed by atoms with Crippen molar-refractivity contribution in [2.45, 2.75) is 4.46 Å². The van der Waals surface area contributed by atoms with Crippen molar-refractivity contribution >= 4 is 28.9 Å². The first-order chi connectivity index (χ1) is 8.66. The van der Waals surface area contributed by atoms with Gasteiger partial charge in [0, 0.05) is 13.1 Å². The first kappa shape index (κ1) is 12.2. The van der Waals surface area contributed by atoms with Gasteiger partial charge in [0.2, 0.25) is 0 Å². The Balaban J connectivity index is 1.92. The zero-order chi connectivity index (χ0) is 12.6. The third kappa shape index (κ3) is 2.32. The number of anilines is 1. The number of benzene rings is 1. The van der Waals surface area contributed by atoms with Gasteiger partial charge in [-0.25, -0.2) is 0 Å². The molecule has 2 aliphatic rings. The molecular weight excluding hydrogens is 275 g/mol. The molecule has 4 nitrogen and oxygen atoms in total. The van der Waals surface area contributed by atoms with Crippen molar-refractivity contribution < 1.29 is 9.47 Å². The average molecular weight is 289 g/mol. The second-order valence-corrected chi connectivity index (χ2v) is 5.84. The van der Waals surface area contributed by atoms with E-state index in [1.54, 1.807) is 0 Å². The van der Waals surface area contributed by atoms with E-state index in [0.717, 1.165) is 30.3 Å². The van der Waals surface area contributed by atoms with Crippen LogP contribution in [-0.4, -0.2) is 37.3 Å². The summed E-state index contributed by atoms with van der Waals surface area (Å²) in [5.74, 6) is 1.57. The van der Waals surface area contributed by atoms with Gasteiger partial charge in [-0.1, -0.05) is 29.3 Å². The second-order valence-electron chi connectivity index (χ2n) is 4.35. The van der Waals surface area contributed by atoms with E-state index in [9.17, 15) is 0 Å². The fourth-order valence-corrected chi connectivity index (χ4v) is 2.74. The largest absolute Gasteiger partial charge is 0.486 e. The molecule has 0 aromatic heterocycles. The van der Waals surface area contributed by atoms with Crippen molar-refractivity contribution in [2.75, 3.05) is 37.7 Å². The van der Waals surface area contributed by atoms with Crippen molar-refractivity contribution in [3.05, 3.63) is 18.2 Å². The van der Waals surface area contributed by atoms with Gasteiger partial charge in [0.1, 0.15) is 13.2 Å². The van der Waals surface area contributed by atoms with Crippen LogP contribution in [0.1, 0.15) is 0 Å². The quantitative estimate of drug-likeness (QED) is 0.633. The Morgan fingerprint density at radius 3 is 2.89 bits per heavy atom. The van der Waals surface area contributed by atoms with E-state index in [-0.39, 0.29) is 0 Å². The number of nitrogens with zero attached hydrogens (tertiary/aromatic N) is 1. The fraction of sp³-hybridized carbons (Fsp3) is 0.500. The summed E-state index contributed by atoms with van der Waals surface area (Å²) in [4.78, 5) is 2.12. The lowest BCUT2D eigenvalue weighted by atomic mass is 10.2. The second kappa shape index (κ2) is 4.68. The van der Waals surface area contributed by atoms with Crippen LogP contribution >= 0.6 is 23.2 Å². The van der Waals surface area contributed by atoms with Gasteiger partial charge in [0.25, 0.3) is 0 Å². The molecule has 1 saturated heterocycles. The summed E-state index contributed by atoms with van der Waals surface area (Å²) < 4.78 is 10.4. The standard InChI is InChI=1S/C12H14Cl2N2O2/c13-12(14)8-16(5-4-15-12)9-2-1-3-10-11(9)18-7-6-17-10/h1-3,15H,4-8H2. The number of hydrogen-bond acceptors (Lipinski definition) is 4. The Bertz CT molecular complexity index is 454. The summed E-state index contributed by atoms with van der Waals surface area (Å²) in [6.45, 7) is 3.24. The molecule has 0 atom stereocenters. The number of rotatable bonds is 1. The van der Waals surface area contributed by atoms with Crippen molar-refractivity contribution in [3.8, 4) is 11.5 Å². The Morgan fingerprint density at radius 2 is 2.06 bits per heavy atom. The minimum absolute atomic E-state index is 0.510. The average Bonchev–Trinajstić information content (AvgIpc) is 2.37. The van der Waals surface area contributed by atoms with Crippen molar-refractivity contribution in [3.63, 3.8) is 0 Å². The lowest BCUT2D eigenvalue weighted by Gasteiger charge is -2.38. The van der Waals surface area contributed by atoms with E-state index in [4.69, 9.17) is 32.7 Å². The van der Waals surface area contributed by atoms with E-state index in [1.165, 1.54) is 0 Å². The highest BCUT2D eigenvalue weighted by atomic mass is 35.5. The fourth-order valence-electron chi connectivity index (χ4n) is 2.26. The number of para-hydroxylation sites is 1. The highest BCUT2D eigenvalue weighted by Crippen LogP contribution is 2.40. The molecule has 1 aromatic carbocycles. The SMILES string of the molecule is ClC1(Cl)CN(c2cccc3c2OCCO3)CCN1. The molecule has 18 heavy (non-hydrogen) atoms. The van der Waals surface area contributed by atoms with Gasteiger partial charge < -0.3 is 14.4 Å². The minimum atomic E-state index is -0.920. The molecule has 0 amide bonds. The molecule has 1 aromatic rings. The van der Waals surface area contributed by atoms with E-state index >= 15 is 0 Å². The molecule has 1 fully saturated rings. The molecule has 0 unspecified atom stereocenters. The smallest absolute Gasteiger partial charge is 0.186 e. The van der Waals surface area contributed by atoms with Crippen LogP contribution < -0.4 is 19.7 Å². The van der Waals surface area contributed by atoms with Crippen molar-refractivity contribution in [1.82, 2.24) is 5.32 Å². The van der Waals surface area contributed by atoms with Gasteiger partial charge in [-0.2, -0.15) is 0 Å². The summed E-state index contributed by atoms with van der Waals surface area (Å²) in [6.07, 6.45) is 0. The van der Waals surface area contributed by atoms with E-state index in [0.29, 0.717) is 19.8 Å². The van der Waals surface area contributed by atoms with Crippen LogP contribution in [0.15, 0.2) is 18.2 Å². The molecule has 0 radical (unpaired) electrons. The number of nitrogens with one attached hydrogen (secondary N) is 1. The summed E-state index contributed by atoms with van der Waals surface area (Å²) in [6, 6.07) is 5.87. The number of ether oxygens (including phenoxy) is 2. The first-order valence-corrected chi connectivity index (χ1v) is 6.68. The molecular formula is C12H14Cl2N2O2. The summed E-state index contributed by atoms with van der Waals surface area (Å²) in [5.41, 5.74) is 0.986. The van der Waals surface area contributed by atoms with Crippen LogP contribution in [0, 0.1) is 0 Å². The van der Waals surface area contributed by atoms with Crippen LogP contribution in [0.3, 0.4) is 0 Å². The number of alkyl halides is 2. The Labute approximate surface area is 116 Å². The van der Waals surface area contributed by atoms with E-state index in [1.807, 2.05) is 18.2 Å². The zero-order valence-electron chi connectivity index (χ0n) is 9.79. The predicted octanol–water partition coefficient (Wildman–Crippen LogP) is 2.00. The van der Waals surface area contributed by atoms with Gasteiger partial charge in [-0.05, 0) is 12.1 Å². The molecule has 0 aliphatic carbocycles. The summed E-state index contributed by atoms with van der Waals surface area (Å²) in [5, 5.41) is 3.06. The maximum Gasteiger partial charge on any atom is 0.186 e. The molecule has 0 bridgehead atoms. The van der Waals surface area contributed by atoms with Gasteiger partial charge in [0.15, 0.2) is 16.0 Å². The lowest BCUT2D eigenvalue weighted by Crippen LogP contribution is -2.54. The van der Waals surface area contributed by atoms with E-state index < -0.39 is 4.46 Å². The van der Waals surface area contributed by atoms with Crippen LogP contribution in [0.2, 0.25) is 0 Å². The van der Waals surface area contributed by atoms with Crippen LogP contribution in [0.25, 0.3) is 0 Å². The Kier molecular flexibility index (Phi) is 3.18. The third-order valence-electron chi connectivity index (χ3n) is 3.04. The Hall–Kier alpha value is -0.840. The highest BCUT2D eigenvalue weighted by molar-refractivity contribution is 6.48. The van der Waals surface area contributed by atoms with Gasteiger partial charge in [-0.3, -0.25) is 5.32 Å². The normalized spacial score (nSPS) is 21.8. The number of piperazine rings is 1. The number of fused-ring (bicyclic) bond motifs is 1. The van der Waals surface area contributed by atoms with Crippen molar-refractivity contribution in [2.24, 2.45) is 0 Å². The van der Waals surface area contributed by atoms with Gasteiger partial charge >= 0.3 is 0 Å². The minimum Gasteiger partial charge on any atom is -0.486 e. The molecule has 3 rings (SSSR count). The lowest BCUT2D eigenvalue weighted by molar-refractivity contribution is 0.172. The predicted molar refractivity (Wildman–Crippen MR) is 72.1 cm³/mol. The first-order valence-electron chi connectivity index (χ1n) is 5.92. The molecule has 2 heterocycles. The molecule has 0 saturated carbocycles. The van der Waals surface area contributed by atoms with Crippen LogP contribution in [0.5, 0.6) is 11.5 Å². The van der Waals surface area contributed by atoms with Crippen LogP contribution in [0.4, 0.5) is 5.69 Å². The van der Waals surface area contributed by atoms with Crippen molar-refractivity contribution in [1.29, 1.82) is 0 Å². The van der Waals surface area contributed by atoms with Gasteiger partial charge in [0.05, 0.1) is 12.2 Å². The summed E-state index contributed by atoms with van der Waals surface area (Å²) in [7, 11) is 0. The molecule has 1 N–H and O–H groups in total. The topological polar surface area (TPSA) is 33.7 Å². The van der Waals surface area contributed by atoms with Gasteiger partial charge in [-0.15, -0.1) is 0 Å². The molecule has 0 spiro atoms. The maximum absolute atomic E-state index is 6.14. The number of halogens is 2. The number of hydrogen-bond donors (Lipinski definition) is 1. The zero-order valence-corrected chi connectivity index (χ0v) is 11.3. The Morgan fingerprint density at radius 1 is 1.22 bits per heavy atom. The highest BCUT2D eigenvalue weighted by Gasteiger charge is 2.32. The molecule has 6 heteroatoms. The van der Waals surface area contributed by atoms with E-state index in [2.05, 4.69) is 10.2 Å². The molecule has 2 aliphatic heterocycles. The summed E-state index contributed by atoms with van der Waals surface area (Å²) >= 11 is 12.3. The monoisotopic (exact) mass is 288 g/mol. The molecule has 98 valence electrons.